The Hall–Kier alpha value is -2.99. The number of hydrogen-bond acceptors (Lipinski definition) is 3. The van der Waals surface area contributed by atoms with Crippen molar-refractivity contribution in [1.82, 2.24) is 9.88 Å². The van der Waals surface area contributed by atoms with Crippen LogP contribution in [0.2, 0.25) is 0 Å². The molecule has 3 aromatic rings. The molecule has 0 aliphatic carbocycles. The summed E-state index contributed by atoms with van der Waals surface area (Å²) < 4.78 is 15.3. The van der Waals surface area contributed by atoms with Crippen LogP contribution in [-0.2, 0) is 16.8 Å². The van der Waals surface area contributed by atoms with E-state index in [0.29, 0.717) is 30.3 Å². The number of carboxylic acids is 1. The smallest absolute Gasteiger partial charge is 0.303 e. The number of carboxylic acid groups (broad SMARTS) is 1. The number of benzene rings is 2. The minimum Gasteiger partial charge on any atom is -0.481 e. The lowest BCUT2D eigenvalue weighted by Gasteiger charge is -2.27. The van der Waals surface area contributed by atoms with Crippen LogP contribution in [0.15, 0.2) is 54.7 Å². The average molecular weight is 410 g/mol. The second-order valence-electron chi connectivity index (χ2n) is 7.99. The lowest BCUT2D eigenvalue weighted by atomic mass is 9.94. The molecule has 1 aromatic heterocycles. The van der Waals surface area contributed by atoms with Gasteiger partial charge in [-0.15, -0.1) is 0 Å². The zero-order valence-electron chi connectivity index (χ0n) is 17.3. The molecule has 0 amide bonds. The second kappa shape index (κ2) is 9.22. The maximum atomic E-state index is 13.8. The van der Waals surface area contributed by atoms with Crippen LogP contribution in [0.1, 0.15) is 49.0 Å². The van der Waals surface area contributed by atoms with Crippen molar-refractivity contribution in [3.05, 3.63) is 71.7 Å². The molecule has 0 fully saturated rings. The van der Waals surface area contributed by atoms with E-state index in [0.717, 1.165) is 11.1 Å². The van der Waals surface area contributed by atoms with Gasteiger partial charge in [0, 0.05) is 36.5 Å². The number of hydrogen-bond donors (Lipinski definition) is 2. The second-order valence-corrected chi connectivity index (χ2v) is 7.99. The quantitative estimate of drug-likeness (QED) is 0.534. The van der Waals surface area contributed by atoms with Gasteiger partial charge in [0.25, 0.3) is 0 Å². The van der Waals surface area contributed by atoms with Gasteiger partial charge < -0.3 is 10.4 Å². The molecule has 0 spiro atoms. The van der Waals surface area contributed by atoms with Crippen molar-refractivity contribution < 1.29 is 19.1 Å². The average Bonchev–Trinajstić information content (AvgIpc) is 3.06. The van der Waals surface area contributed by atoms with Crippen molar-refractivity contribution in [2.75, 3.05) is 6.54 Å². The zero-order valence-corrected chi connectivity index (χ0v) is 17.3. The molecule has 6 heteroatoms. The molecule has 30 heavy (non-hydrogen) atoms. The third-order valence-electron chi connectivity index (χ3n) is 5.36. The molecular weight excluding hydrogens is 383 g/mol. The topological polar surface area (TPSA) is 71.3 Å². The monoisotopic (exact) mass is 410 g/mol. The number of nitrogens with zero attached hydrogens (tertiary/aromatic N) is 1. The number of aryl methyl sites for hydroxylation is 1. The van der Waals surface area contributed by atoms with Gasteiger partial charge in [-0.3, -0.25) is 14.2 Å². The molecule has 0 radical (unpaired) electrons. The molecule has 5 nitrogen and oxygen atoms in total. The first kappa shape index (κ1) is 21.7. The molecule has 0 aliphatic rings. The lowest BCUT2D eigenvalue weighted by molar-refractivity contribution is -0.137. The highest BCUT2D eigenvalue weighted by molar-refractivity contribution is 5.94. The van der Waals surface area contributed by atoms with Crippen LogP contribution in [0, 0.1) is 5.82 Å². The molecule has 0 atom stereocenters. The van der Waals surface area contributed by atoms with Gasteiger partial charge in [0.1, 0.15) is 5.82 Å². The molecule has 2 aromatic carbocycles. The number of carbonyl (C=O) groups excluding carboxylic acids is 1. The fraction of sp³-hybridized carbons (Fsp3) is 0.333. The van der Waals surface area contributed by atoms with Gasteiger partial charge in [0.2, 0.25) is 5.91 Å². The van der Waals surface area contributed by atoms with Gasteiger partial charge in [-0.25, -0.2) is 4.39 Å². The van der Waals surface area contributed by atoms with Gasteiger partial charge in [0.05, 0.1) is 5.52 Å². The fourth-order valence-electron chi connectivity index (χ4n) is 3.67. The fourth-order valence-corrected chi connectivity index (χ4v) is 3.67. The first-order valence-electron chi connectivity index (χ1n) is 10.1. The third kappa shape index (κ3) is 5.13. The van der Waals surface area contributed by atoms with Crippen molar-refractivity contribution >= 4 is 22.8 Å². The van der Waals surface area contributed by atoms with E-state index in [2.05, 4.69) is 19.2 Å². The van der Waals surface area contributed by atoms with Crippen molar-refractivity contribution in [2.45, 2.75) is 45.1 Å². The Balaban J connectivity index is 1.72. The summed E-state index contributed by atoms with van der Waals surface area (Å²) in [5.74, 6) is -1.33. The number of halogens is 1. The van der Waals surface area contributed by atoms with Crippen LogP contribution >= 0.6 is 0 Å². The van der Waals surface area contributed by atoms with Crippen LogP contribution in [0.5, 0.6) is 0 Å². The number of nitrogens with one attached hydrogen (secondary N) is 1. The highest BCUT2D eigenvalue weighted by Crippen LogP contribution is 2.25. The maximum Gasteiger partial charge on any atom is 0.303 e. The molecule has 158 valence electrons. The summed E-state index contributed by atoms with van der Waals surface area (Å²) in [6.45, 7) is 4.64. The first-order valence-corrected chi connectivity index (χ1v) is 10.1. The Labute approximate surface area is 175 Å². The van der Waals surface area contributed by atoms with Crippen LogP contribution < -0.4 is 5.32 Å². The van der Waals surface area contributed by atoms with Gasteiger partial charge in [-0.2, -0.15) is 0 Å². The van der Waals surface area contributed by atoms with E-state index < -0.39 is 5.97 Å². The molecular formula is C24H27FN2O3. The highest BCUT2D eigenvalue weighted by atomic mass is 19.1. The summed E-state index contributed by atoms with van der Waals surface area (Å²) in [6.07, 6.45) is 2.95. The Morgan fingerprint density at radius 2 is 1.83 bits per heavy atom. The Kier molecular flexibility index (Phi) is 6.67. The molecule has 0 bridgehead atoms. The van der Waals surface area contributed by atoms with Crippen molar-refractivity contribution in [2.24, 2.45) is 0 Å². The number of aliphatic carboxylic acids is 1. The van der Waals surface area contributed by atoms with Crippen LogP contribution in [0.4, 0.5) is 4.39 Å². The van der Waals surface area contributed by atoms with E-state index in [9.17, 15) is 14.0 Å². The number of aromatic nitrogens is 1. The van der Waals surface area contributed by atoms with Crippen molar-refractivity contribution in [3.8, 4) is 0 Å². The van der Waals surface area contributed by atoms with Crippen molar-refractivity contribution in [3.63, 3.8) is 0 Å². The van der Waals surface area contributed by atoms with E-state index in [4.69, 9.17) is 5.11 Å². The van der Waals surface area contributed by atoms with Crippen LogP contribution in [0.25, 0.3) is 10.9 Å². The normalized spacial score (nSPS) is 11.7. The predicted molar refractivity (Wildman–Crippen MR) is 115 cm³/mol. The molecule has 0 saturated heterocycles. The number of rotatable bonds is 9. The minimum absolute atomic E-state index is 0.0361. The Morgan fingerprint density at radius 1 is 1.10 bits per heavy atom. The molecule has 0 aliphatic heterocycles. The maximum absolute atomic E-state index is 13.8. The van der Waals surface area contributed by atoms with E-state index in [1.54, 1.807) is 16.8 Å². The highest BCUT2D eigenvalue weighted by Gasteiger charge is 2.20. The van der Waals surface area contributed by atoms with Gasteiger partial charge in [-0.05, 0) is 56.0 Å². The molecule has 2 N–H and O–H groups in total. The largest absolute Gasteiger partial charge is 0.481 e. The van der Waals surface area contributed by atoms with Gasteiger partial charge in [-0.1, -0.05) is 30.3 Å². The summed E-state index contributed by atoms with van der Waals surface area (Å²) in [4.78, 5) is 23.7. The molecule has 0 unspecified atom stereocenters. The number of carbonyl (C=O) groups is 2. The summed E-state index contributed by atoms with van der Waals surface area (Å²) in [5.41, 5.74) is 2.30. The standard InChI is InChI=1S/C24H27FN2O3/c1-24(2,18-8-4-3-5-9-18)26-14-13-22(28)27-16-17(7-6-10-23(29)30)20-15-19(25)11-12-21(20)27/h3-5,8-9,11-12,15-16,26H,6-7,10,13-14H2,1-2H3,(H,29,30). The van der Waals surface area contributed by atoms with E-state index in [-0.39, 0.29) is 30.1 Å². The summed E-state index contributed by atoms with van der Waals surface area (Å²) >= 11 is 0. The third-order valence-corrected chi connectivity index (χ3v) is 5.36. The first-order chi connectivity index (χ1) is 14.3. The zero-order chi connectivity index (χ0) is 21.7. The molecule has 0 saturated carbocycles. The van der Waals surface area contributed by atoms with Crippen molar-refractivity contribution in [1.29, 1.82) is 0 Å². The molecule has 3 rings (SSSR count). The van der Waals surface area contributed by atoms with Crippen LogP contribution in [-0.4, -0.2) is 28.1 Å². The van der Waals surface area contributed by atoms with Crippen LogP contribution in [0.3, 0.4) is 0 Å². The SMILES string of the molecule is CC(C)(NCCC(=O)n1cc(CCCC(=O)O)c2cc(F)ccc21)c1ccccc1. The lowest BCUT2D eigenvalue weighted by Crippen LogP contribution is -2.38. The Bertz CT molecular complexity index is 1040. The molecule has 1 heterocycles. The minimum atomic E-state index is -0.867. The van der Waals surface area contributed by atoms with Gasteiger partial charge in [0.15, 0.2) is 0 Å². The summed E-state index contributed by atoms with van der Waals surface area (Å²) in [5, 5.41) is 12.9. The summed E-state index contributed by atoms with van der Waals surface area (Å²) in [7, 11) is 0. The van der Waals surface area contributed by atoms with E-state index in [1.807, 2.05) is 30.3 Å². The van der Waals surface area contributed by atoms with E-state index in [1.165, 1.54) is 12.1 Å². The Morgan fingerprint density at radius 3 is 2.53 bits per heavy atom. The predicted octanol–water partition coefficient (Wildman–Crippen LogP) is 4.74. The number of fused-ring (bicyclic) bond motifs is 1. The van der Waals surface area contributed by atoms with Gasteiger partial charge >= 0.3 is 5.97 Å². The van der Waals surface area contributed by atoms with E-state index >= 15 is 0 Å². The summed E-state index contributed by atoms with van der Waals surface area (Å²) in [6, 6.07) is 14.4.